The van der Waals surface area contributed by atoms with E-state index in [-0.39, 0.29) is 0 Å². The number of hydrogen-bond donors (Lipinski definition) is 0. The maximum absolute atomic E-state index is 6.64. The lowest BCUT2D eigenvalue weighted by Gasteiger charge is -2.10. The quantitative estimate of drug-likeness (QED) is 0.187. The minimum absolute atomic E-state index is 0.640. The van der Waals surface area contributed by atoms with Crippen LogP contribution in [0.3, 0.4) is 0 Å². The zero-order valence-electron chi connectivity index (χ0n) is 27.1. The fraction of sp³-hybridized carbons (Fsp3) is 0.0444. The van der Waals surface area contributed by atoms with E-state index in [4.69, 9.17) is 19.4 Å². The van der Waals surface area contributed by atoms with Gasteiger partial charge in [0.25, 0.3) is 0 Å². The van der Waals surface area contributed by atoms with Crippen LogP contribution < -0.4 is 0 Å². The van der Waals surface area contributed by atoms with Crippen molar-refractivity contribution in [1.29, 1.82) is 0 Å². The van der Waals surface area contributed by atoms with Crippen LogP contribution in [0.1, 0.15) is 18.7 Å². The van der Waals surface area contributed by atoms with E-state index >= 15 is 0 Å². The maximum Gasteiger partial charge on any atom is 0.164 e. The van der Waals surface area contributed by atoms with Gasteiger partial charge in [0.05, 0.1) is 11.0 Å². The van der Waals surface area contributed by atoms with Crippen LogP contribution in [-0.2, 0) is 0 Å². The molecule has 0 saturated heterocycles. The predicted molar refractivity (Wildman–Crippen MR) is 204 cm³/mol. The third-order valence-electron chi connectivity index (χ3n) is 9.67. The summed E-state index contributed by atoms with van der Waals surface area (Å²) in [6.07, 6.45) is 8.51. The highest BCUT2D eigenvalue weighted by Gasteiger charge is 2.18. The van der Waals surface area contributed by atoms with Crippen LogP contribution in [0.15, 0.2) is 162 Å². The van der Waals surface area contributed by atoms with E-state index in [1.807, 2.05) is 42.5 Å². The molecular weight excluding hydrogens is 613 g/mol. The monoisotopic (exact) mass is 642 g/mol. The zero-order chi connectivity index (χ0) is 33.0. The molecule has 50 heavy (non-hydrogen) atoms. The number of rotatable bonds is 5. The van der Waals surface area contributed by atoms with Gasteiger partial charge in [-0.25, -0.2) is 15.0 Å². The highest BCUT2D eigenvalue weighted by Crippen LogP contribution is 2.40. The molecule has 0 fully saturated rings. The summed E-state index contributed by atoms with van der Waals surface area (Å²) in [6, 6.07) is 48.7. The third kappa shape index (κ3) is 4.66. The first-order valence-electron chi connectivity index (χ1n) is 17.0. The first kappa shape index (κ1) is 28.4. The summed E-state index contributed by atoms with van der Waals surface area (Å²) < 4.78 is 8.98. The molecule has 1 aliphatic rings. The molecule has 5 nitrogen and oxygen atoms in total. The van der Waals surface area contributed by atoms with E-state index in [1.165, 1.54) is 21.8 Å². The molecule has 6 aromatic carbocycles. The lowest BCUT2D eigenvalue weighted by molar-refractivity contribution is 0.670. The zero-order valence-corrected chi connectivity index (χ0v) is 27.1. The summed E-state index contributed by atoms with van der Waals surface area (Å²) >= 11 is 0. The van der Waals surface area contributed by atoms with Crippen molar-refractivity contribution in [3.05, 3.63) is 164 Å². The van der Waals surface area contributed by atoms with Gasteiger partial charge < -0.3 is 8.98 Å². The molecule has 9 aromatic rings. The number of allylic oxidation sites excluding steroid dienone is 4. The average Bonchev–Trinajstić information content (AvgIpc) is 3.74. The Morgan fingerprint density at radius 3 is 2.04 bits per heavy atom. The Hall–Kier alpha value is -6.59. The van der Waals surface area contributed by atoms with Gasteiger partial charge in [0.1, 0.15) is 11.2 Å². The van der Waals surface area contributed by atoms with Crippen molar-refractivity contribution in [3.8, 4) is 39.6 Å². The topological polar surface area (TPSA) is 56.7 Å². The van der Waals surface area contributed by atoms with Gasteiger partial charge in [-0.15, -0.1) is 0 Å². The standard InChI is InChI=1S/C45H30N4O/c1-4-13-29(14-5-1)43-46-44(30-15-6-2-7-16-30)48-45(47-43)32-24-26-41-38(28-32)36-21-12-20-34(42(36)50-41)31-23-25-40-37(27-31)35-19-10-11-22-39(35)49(40)33-17-8-3-9-18-33/h1,3-6,8-28H,2,7H2. The van der Waals surface area contributed by atoms with Crippen LogP contribution >= 0.6 is 0 Å². The molecule has 0 aliphatic heterocycles. The van der Waals surface area contributed by atoms with Crippen LogP contribution in [0.2, 0.25) is 0 Å². The van der Waals surface area contributed by atoms with E-state index < -0.39 is 0 Å². The Morgan fingerprint density at radius 1 is 0.500 bits per heavy atom. The number of furan rings is 1. The fourth-order valence-electron chi connectivity index (χ4n) is 7.29. The van der Waals surface area contributed by atoms with E-state index in [1.54, 1.807) is 0 Å². The van der Waals surface area contributed by atoms with Crippen LogP contribution in [0.5, 0.6) is 0 Å². The minimum atomic E-state index is 0.640. The van der Waals surface area contributed by atoms with Gasteiger partial charge in [0, 0.05) is 49.5 Å². The normalized spacial score (nSPS) is 13.1. The van der Waals surface area contributed by atoms with Gasteiger partial charge >= 0.3 is 0 Å². The molecule has 0 bridgehead atoms. The van der Waals surface area contributed by atoms with Gasteiger partial charge in [-0.1, -0.05) is 109 Å². The van der Waals surface area contributed by atoms with Crippen molar-refractivity contribution in [2.24, 2.45) is 0 Å². The first-order chi connectivity index (χ1) is 24.8. The molecule has 0 amide bonds. The van der Waals surface area contributed by atoms with Crippen LogP contribution in [0, 0.1) is 0 Å². The largest absolute Gasteiger partial charge is 0.455 e. The van der Waals surface area contributed by atoms with E-state index in [9.17, 15) is 0 Å². The van der Waals surface area contributed by atoms with E-state index in [2.05, 4.69) is 120 Å². The van der Waals surface area contributed by atoms with Crippen LogP contribution in [0.4, 0.5) is 0 Å². The summed E-state index contributed by atoms with van der Waals surface area (Å²) in [5.41, 5.74) is 10.3. The molecule has 3 heterocycles. The molecule has 1 aliphatic carbocycles. The summed E-state index contributed by atoms with van der Waals surface area (Å²) in [6.45, 7) is 0. The van der Waals surface area contributed by atoms with Gasteiger partial charge in [-0.3, -0.25) is 0 Å². The molecule has 236 valence electrons. The van der Waals surface area contributed by atoms with Gasteiger partial charge in [-0.05, 0) is 66.9 Å². The fourth-order valence-corrected chi connectivity index (χ4v) is 7.29. The predicted octanol–water partition coefficient (Wildman–Crippen LogP) is 11.6. The van der Waals surface area contributed by atoms with Crippen molar-refractivity contribution < 1.29 is 4.42 Å². The molecular formula is C45H30N4O. The van der Waals surface area contributed by atoms with Crippen molar-refractivity contribution in [2.75, 3.05) is 0 Å². The number of nitrogens with zero attached hydrogens (tertiary/aromatic N) is 4. The Morgan fingerprint density at radius 2 is 1.20 bits per heavy atom. The van der Waals surface area contributed by atoms with E-state index in [0.29, 0.717) is 17.5 Å². The molecule has 10 rings (SSSR count). The number of para-hydroxylation sites is 3. The number of benzene rings is 6. The third-order valence-corrected chi connectivity index (χ3v) is 9.67. The average molecular weight is 643 g/mol. The number of hydrogen-bond acceptors (Lipinski definition) is 4. The summed E-state index contributed by atoms with van der Waals surface area (Å²) in [7, 11) is 0. The second-order valence-corrected chi connectivity index (χ2v) is 12.7. The summed E-state index contributed by atoms with van der Waals surface area (Å²) in [5, 5.41) is 4.52. The molecule has 5 heteroatoms. The van der Waals surface area contributed by atoms with Gasteiger partial charge in [0.2, 0.25) is 0 Å². The Balaban J connectivity index is 1.12. The summed E-state index contributed by atoms with van der Waals surface area (Å²) in [4.78, 5) is 14.9. The van der Waals surface area contributed by atoms with Crippen LogP contribution in [-0.4, -0.2) is 19.5 Å². The van der Waals surface area contributed by atoms with Crippen molar-refractivity contribution in [1.82, 2.24) is 19.5 Å². The second kappa shape index (κ2) is 11.5. The molecule has 0 N–H and O–H groups in total. The van der Waals surface area contributed by atoms with E-state index in [0.717, 1.165) is 68.3 Å². The van der Waals surface area contributed by atoms with Crippen LogP contribution in [0.25, 0.3) is 88.9 Å². The highest BCUT2D eigenvalue weighted by molar-refractivity contribution is 6.13. The number of aromatic nitrogens is 4. The first-order valence-corrected chi connectivity index (χ1v) is 17.0. The Kier molecular flexibility index (Phi) is 6.56. The molecule has 0 saturated carbocycles. The molecule has 0 atom stereocenters. The van der Waals surface area contributed by atoms with Crippen molar-refractivity contribution in [2.45, 2.75) is 12.8 Å². The Labute approximate surface area is 288 Å². The minimum Gasteiger partial charge on any atom is -0.455 e. The molecule has 0 spiro atoms. The highest BCUT2D eigenvalue weighted by atomic mass is 16.3. The van der Waals surface area contributed by atoms with Gasteiger partial charge in [-0.2, -0.15) is 0 Å². The second-order valence-electron chi connectivity index (χ2n) is 12.7. The molecule has 3 aromatic heterocycles. The van der Waals surface area contributed by atoms with Gasteiger partial charge in [0.15, 0.2) is 17.5 Å². The molecule has 0 radical (unpaired) electrons. The summed E-state index contributed by atoms with van der Waals surface area (Å²) in [5.74, 6) is 1.99. The molecule has 0 unspecified atom stereocenters. The smallest absolute Gasteiger partial charge is 0.164 e. The SMILES string of the molecule is C1=CC(c2nc(-c3ccccc3)nc(-c3ccc4oc5c(-c6ccc7c(c6)c6ccccc6n7-c6ccccc6)cccc5c4c3)n2)=CCC1. The lowest BCUT2D eigenvalue weighted by Crippen LogP contribution is -2.03. The van der Waals surface area contributed by atoms with Crippen molar-refractivity contribution in [3.63, 3.8) is 0 Å². The maximum atomic E-state index is 6.64. The van der Waals surface area contributed by atoms with Crippen molar-refractivity contribution >= 4 is 49.3 Å². The lowest BCUT2D eigenvalue weighted by atomic mass is 10.00. The number of fused-ring (bicyclic) bond motifs is 6. The Bertz CT molecular complexity index is 2810.